The lowest BCUT2D eigenvalue weighted by molar-refractivity contribution is 0.415. The van der Waals surface area contributed by atoms with Gasteiger partial charge < -0.3 is 14.0 Å². The number of aromatic nitrogens is 1. The van der Waals surface area contributed by atoms with Gasteiger partial charge in [-0.15, -0.1) is 0 Å². The highest BCUT2D eigenvalue weighted by molar-refractivity contribution is 6.09. The van der Waals surface area contributed by atoms with Gasteiger partial charge in [-0.25, -0.2) is 0 Å². The summed E-state index contributed by atoms with van der Waals surface area (Å²) in [5, 5.41) is 2.47. The van der Waals surface area contributed by atoms with Crippen molar-refractivity contribution in [2.75, 3.05) is 14.2 Å². The van der Waals surface area contributed by atoms with Crippen molar-refractivity contribution in [2.45, 2.75) is 45.6 Å². The van der Waals surface area contributed by atoms with E-state index in [0.717, 1.165) is 18.0 Å². The van der Waals surface area contributed by atoms with E-state index in [2.05, 4.69) is 35.8 Å². The van der Waals surface area contributed by atoms with E-state index in [1.165, 1.54) is 53.9 Å². The maximum absolute atomic E-state index is 5.42. The van der Waals surface area contributed by atoms with Crippen molar-refractivity contribution < 1.29 is 9.47 Å². The SMILES string of the molecule is CCCCCCCn1c2ccc(OC)cc2c2cc(OC)ccc21. The number of nitrogens with zero attached hydrogens (tertiary/aromatic N) is 1. The maximum Gasteiger partial charge on any atom is 0.119 e. The number of benzene rings is 2. The van der Waals surface area contributed by atoms with Crippen LogP contribution in [-0.2, 0) is 6.54 Å². The van der Waals surface area contributed by atoms with E-state index in [1.807, 2.05) is 12.1 Å². The van der Waals surface area contributed by atoms with Gasteiger partial charge in [0.1, 0.15) is 11.5 Å². The zero-order valence-electron chi connectivity index (χ0n) is 15.0. The van der Waals surface area contributed by atoms with Crippen LogP contribution in [0.4, 0.5) is 0 Å². The van der Waals surface area contributed by atoms with Gasteiger partial charge in [0.05, 0.1) is 14.2 Å². The Labute approximate surface area is 144 Å². The van der Waals surface area contributed by atoms with Gasteiger partial charge >= 0.3 is 0 Å². The van der Waals surface area contributed by atoms with E-state index in [1.54, 1.807) is 14.2 Å². The molecule has 0 spiro atoms. The van der Waals surface area contributed by atoms with Gasteiger partial charge in [0, 0.05) is 28.4 Å². The Kier molecular flexibility index (Phi) is 5.29. The van der Waals surface area contributed by atoms with E-state index >= 15 is 0 Å². The normalized spacial score (nSPS) is 11.3. The van der Waals surface area contributed by atoms with Gasteiger partial charge in [0.15, 0.2) is 0 Å². The molecule has 3 heteroatoms. The van der Waals surface area contributed by atoms with Crippen LogP contribution < -0.4 is 9.47 Å². The van der Waals surface area contributed by atoms with Crippen LogP contribution in [0.25, 0.3) is 21.8 Å². The molecule has 0 aliphatic carbocycles. The monoisotopic (exact) mass is 325 g/mol. The Morgan fingerprint density at radius 2 is 1.29 bits per heavy atom. The van der Waals surface area contributed by atoms with Crippen LogP contribution in [0, 0.1) is 0 Å². The summed E-state index contributed by atoms with van der Waals surface area (Å²) >= 11 is 0. The zero-order chi connectivity index (χ0) is 16.9. The summed E-state index contributed by atoms with van der Waals surface area (Å²) in [6.07, 6.45) is 6.46. The number of fused-ring (bicyclic) bond motifs is 3. The van der Waals surface area contributed by atoms with Crippen molar-refractivity contribution in [1.29, 1.82) is 0 Å². The van der Waals surface area contributed by atoms with Crippen LogP contribution in [0.2, 0.25) is 0 Å². The molecule has 0 aliphatic heterocycles. The summed E-state index contributed by atoms with van der Waals surface area (Å²) in [7, 11) is 3.43. The van der Waals surface area contributed by atoms with Crippen molar-refractivity contribution in [1.82, 2.24) is 4.57 Å². The van der Waals surface area contributed by atoms with E-state index in [9.17, 15) is 0 Å². The van der Waals surface area contributed by atoms with Crippen molar-refractivity contribution in [3.05, 3.63) is 36.4 Å². The van der Waals surface area contributed by atoms with Crippen LogP contribution in [0.5, 0.6) is 11.5 Å². The van der Waals surface area contributed by atoms with Crippen molar-refractivity contribution in [3.8, 4) is 11.5 Å². The van der Waals surface area contributed by atoms with E-state index < -0.39 is 0 Å². The second-order valence-electron chi connectivity index (χ2n) is 6.33. The minimum Gasteiger partial charge on any atom is -0.497 e. The Morgan fingerprint density at radius 1 is 0.750 bits per heavy atom. The third-order valence-corrected chi connectivity index (χ3v) is 4.76. The molecule has 0 amide bonds. The van der Waals surface area contributed by atoms with Gasteiger partial charge in [-0.3, -0.25) is 0 Å². The highest BCUT2D eigenvalue weighted by Gasteiger charge is 2.12. The van der Waals surface area contributed by atoms with Crippen molar-refractivity contribution in [2.24, 2.45) is 0 Å². The highest BCUT2D eigenvalue weighted by Crippen LogP contribution is 2.34. The quantitative estimate of drug-likeness (QED) is 0.490. The van der Waals surface area contributed by atoms with E-state index in [0.29, 0.717) is 0 Å². The molecule has 0 N–H and O–H groups in total. The van der Waals surface area contributed by atoms with Gasteiger partial charge in [-0.1, -0.05) is 32.6 Å². The Morgan fingerprint density at radius 3 is 1.79 bits per heavy atom. The fourth-order valence-corrected chi connectivity index (χ4v) is 3.43. The molecule has 1 aromatic heterocycles. The maximum atomic E-state index is 5.42. The fourth-order valence-electron chi connectivity index (χ4n) is 3.43. The Hall–Kier alpha value is -2.16. The van der Waals surface area contributed by atoms with Gasteiger partial charge in [0.2, 0.25) is 0 Å². The summed E-state index contributed by atoms with van der Waals surface area (Å²) in [5.41, 5.74) is 2.55. The van der Waals surface area contributed by atoms with Crippen LogP contribution in [0.3, 0.4) is 0 Å². The van der Waals surface area contributed by atoms with E-state index in [-0.39, 0.29) is 0 Å². The summed E-state index contributed by atoms with van der Waals surface area (Å²) in [6.45, 7) is 3.32. The largest absolute Gasteiger partial charge is 0.497 e. The molecule has 0 bridgehead atoms. The van der Waals surface area contributed by atoms with Gasteiger partial charge in [-0.2, -0.15) is 0 Å². The molecular weight excluding hydrogens is 298 g/mol. The number of hydrogen-bond donors (Lipinski definition) is 0. The van der Waals surface area contributed by atoms with Crippen LogP contribution in [0.1, 0.15) is 39.0 Å². The molecule has 0 saturated carbocycles. The smallest absolute Gasteiger partial charge is 0.119 e. The summed E-state index contributed by atoms with van der Waals surface area (Å²) in [4.78, 5) is 0. The second-order valence-corrected chi connectivity index (χ2v) is 6.33. The third-order valence-electron chi connectivity index (χ3n) is 4.76. The standard InChI is InChI=1S/C21H27NO2/c1-4-5-6-7-8-13-22-20-11-9-16(23-2)14-18(20)19-15-17(24-3)10-12-21(19)22/h9-12,14-15H,4-8,13H2,1-3H3. The molecule has 0 radical (unpaired) electrons. The molecule has 0 fully saturated rings. The number of aryl methyl sites for hydroxylation is 1. The number of unbranched alkanes of at least 4 members (excludes halogenated alkanes) is 4. The van der Waals surface area contributed by atoms with Crippen molar-refractivity contribution in [3.63, 3.8) is 0 Å². The average Bonchev–Trinajstić information content (AvgIpc) is 2.94. The lowest BCUT2D eigenvalue weighted by Crippen LogP contribution is -1.98. The molecule has 2 aromatic carbocycles. The summed E-state index contributed by atoms with van der Waals surface area (Å²) in [6, 6.07) is 12.7. The fraction of sp³-hybridized carbons (Fsp3) is 0.429. The predicted octanol–water partition coefficient (Wildman–Crippen LogP) is 5.78. The van der Waals surface area contributed by atoms with Crippen LogP contribution in [-0.4, -0.2) is 18.8 Å². The van der Waals surface area contributed by atoms with Crippen molar-refractivity contribution >= 4 is 21.8 Å². The predicted molar refractivity (Wildman–Crippen MR) is 101 cm³/mol. The first-order valence-electron chi connectivity index (χ1n) is 8.92. The first kappa shape index (κ1) is 16.7. The zero-order valence-corrected chi connectivity index (χ0v) is 15.0. The molecule has 24 heavy (non-hydrogen) atoms. The number of ether oxygens (including phenoxy) is 2. The molecular formula is C21H27NO2. The minimum atomic E-state index is 0.896. The number of rotatable bonds is 8. The van der Waals surface area contributed by atoms with Crippen LogP contribution >= 0.6 is 0 Å². The topological polar surface area (TPSA) is 23.4 Å². The molecule has 3 aromatic rings. The van der Waals surface area contributed by atoms with Gasteiger partial charge in [0.25, 0.3) is 0 Å². The summed E-state index contributed by atoms with van der Waals surface area (Å²) < 4.78 is 13.3. The molecule has 3 rings (SSSR count). The molecule has 3 nitrogen and oxygen atoms in total. The van der Waals surface area contributed by atoms with Gasteiger partial charge in [-0.05, 0) is 42.8 Å². The molecule has 0 aliphatic rings. The van der Waals surface area contributed by atoms with Crippen LogP contribution in [0.15, 0.2) is 36.4 Å². The molecule has 1 heterocycles. The third kappa shape index (κ3) is 3.21. The average molecular weight is 325 g/mol. The first-order chi connectivity index (χ1) is 11.8. The molecule has 0 atom stereocenters. The Bertz CT molecular complexity index is 758. The molecule has 128 valence electrons. The lowest BCUT2D eigenvalue weighted by atomic mass is 10.1. The van der Waals surface area contributed by atoms with E-state index in [4.69, 9.17) is 9.47 Å². The minimum absolute atomic E-state index is 0.896. The lowest BCUT2D eigenvalue weighted by Gasteiger charge is -2.08. The number of methoxy groups -OCH3 is 2. The molecule has 0 saturated heterocycles. The highest BCUT2D eigenvalue weighted by atomic mass is 16.5. The Balaban J connectivity index is 2.01. The second kappa shape index (κ2) is 7.61. The molecule has 0 unspecified atom stereocenters. The number of hydrogen-bond acceptors (Lipinski definition) is 2. The summed E-state index contributed by atoms with van der Waals surface area (Å²) in [5.74, 6) is 1.79. The first-order valence-corrected chi connectivity index (χ1v) is 8.92.